The average molecular weight is 332 g/mol. The molecule has 128 valence electrons. The van der Waals surface area contributed by atoms with E-state index in [4.69, 9.17) is 0 Å². The van der Waals surface area contributed by atoms with Crippen LogP contribution in [0.4, 0.5) is 11.8 Å². The van der Waals surface area contributed by atoms with Crippen molar-refractivity contribution in [3.8, 4) is 0 Å². The smallest absolute Gasteiger partial charge is 0.225 e. The zero-order chi connectivity index (χ0) is 17.6. The first-order valence-corrected chi connectivity index (χ1v) is 8.51. The summed E-state index contributed by atoms with van der Waals surface area (Å²) in [5, 5.41) is 3.35. The molecule has 0 atom stereocenters. The fourth-order valence-electron chi connectivity index (χ4n) is 2.75. The van der Waals surface area contributed by atoms with Crippen molar-refractivity contribution in [1.82, 2.24) is 9.97 Å². The number of hydrogen-bond acceptors (Lipinski definition) is 4. The Morgan fingerprint density at radius 2 is 1.64 bits per heavy atom. The lowest BCUT2D eigenvalue weighted by Crippen LogP contribution is -2.19. The number of hydrogen-bond donors (Lipinski definition) is 1. The lowest BCUT2D eigenvalue weighted by Gasteiger charge is -2.19. The van der Waals surface area contributed by atoms with Crippen LogP contribution in [0.1, 0.15) is 22.4 Å². The highest BCUT2D eigenvalue weighted by molar-refractivity contribution is 5.45. The maximum absolute atomic E-state index is 4.68. The summed E-state index contributed by atoms with van der Waals surface area (Å²) >= 11 is 0. The zero-order valence-corrected chi connectivity index (χ0v) is 15.0. The Morgan fingerprint density at radius 1 is 0.920 bits per heavy atom. The zero-order valence-electron chi connectivity index (χ0n) is 15.0. The molecule has 0 bridgehead atoms. The van der Waals surface area contributed by atoms with Gasteiger partial charge in [0, 0.05) is 31.9 Å². The summed E-state index contributed by atoms with van der Waals surface area (Å²) in [6.45, 7) is 5.65. The molecular formula is C21H24N4. The van der Waals surface area contributed by atoms with Gasteiger partial charge < -0.3 is 10.2 Å². The van der Waals surface area contributed by atoms with E-state index >= 15 is 0 Å². The Balaban J connectivity index is 1.72. The normalized spacial score (nSPS) is 10.5. The van der Waals surface area contributed by atoms with Gasteiger partial charge in [-0.1, -0.05) is 54.6 Å². The predicted molar refractivity (Wildman–Crippen MR) is 104 cm³/mol. The van der Waals surface area contributed by atoms with Gasteiger partial charge in [-0.25, -0.2) is 4.98 Å². The van der Waals surface area contributed by atoms with Crippen LogP contribution in [0.25, 0.3) is 0 Å². The third kappa shape index (κ3) is 4.57. The highest BCUT2D eigenvalue weighted by Crippen LogP contribution is 2.17. The Labute approximate surface area is 149 Å². The molecule has 1 heterocycles. The van der Waals surface area contributed by atoms with Gasteiger partial charge >= 0.3 is 0 Å². The molecule has 0 radical (unpaired) electrons. The van der Waals surface area contributed by atoms with Crippen molar-refractivity contribution < 1.29 is 0 Å². The number of benzene rings is 2. The Morgan fingerprint density at radius 3 is 2.40 bits per heavy atom. The molecule has 0 aliphatic carbocycles. The molecule has 3 aromatic rings. The first-order chi connectivity index (χ1) is 12.1. The first kappa shape index (κ1) is 17.0. The third-order valence-electron chi connectivity index (χ3n) is 4.19. The van der Waals surface area contributed by atoms with E-state index in [0.717, 1.165) is 24.6 Å². The number of nitrogens with one attached hydrogen (secondary N) is 1. The molecule has 4 heteroatoms. The monoisotopic (exact) mass is 332 g/mol. The largest absolute Gasteiger partial charge is 0.355 e. The summed E-state index contributed by atoms with van der Waals surface area (Å²) in [6.07, 6.45) is 0. The van der Waals surface area contributed by atoms with Crippen molar-refractivity contribution in [3.63, 3.8) is 0 Å². The Bertz CT molecular complexity index is 830. The maximum atomic E-state index is 4.68. The molecular weight excluding hydrogens is 308 g/mol. The number of aryl methyl sites for hydroxylation is 2. The van der Waals surface area contributed by atoms with Crippen LogP contribution in [0.3, 0.4) is 0 Å². The fraction of sp³-hybridized carbons (Fsp3) is 0.238. The van der Waals surface area contributed by atoms with Crippen LogP contribution in [-0.4, -0.2) is 17.0 Å². The molecule has 0 spiro atoms. The molecule has 3 rings (SSSR count). The highest BCUT2D eigenvalue weighted by Gasteiger charge is 2.08. The van der Waals surface area contributed by atoms with Crippen LogP contribution < -0.4 is 10.2 Å². The van der Waals surface area contributed by atoms with E-state index in [-0.39, 0.29) is 0 Å². The summed E-state index contributed by atoms with van der Waals surface area (Å²) in [6, 6.07) is 20.8. The van der Waals surface area contributed by atoms with Crippen LogP contribution >= 0.6 is 0 Å². The third-order valence-corrected chi connectivity index (χ3v) is 4.19. The summed E-state index contributed by atoms with van der Waals surface area (Å²) in [5.74, 6) is 1.59. The number of rotatable bonds is 6. The van der Waals surface area contributed by atoms with Crippen LogP contribution in [-0.2, 0) is 13.1 Å². The van der Waals surface area contributed by atoms with Crippen molar-refractivity contribution in [2.75, 3.05) is 17.3 Å². The lowest BCUT2D eigenvalue weighted by molar-refractivity contribution is 0.883. The summed E-state index contributed by atoms with van der Waals surface area (Å²) in [5.41, 5.74) is 4.74. The van der Waals surface area contributed by atoms with Crippen molar-refractivity contribution >= 4 is 11.8 Å². The second-order valence-corrected chi connectivity index (χ2v) is 6.31. The minimum absolute atomic E-state index is 0.665. The van der Waals surface area contributed by atoms with E-state index in [2.05, 4.69) is 82.7 Å². The van der Waals surface area contributed by atoms with E-state index < -0.39 is 0 Å². The van der Waals surface area contributed by atoms with Gasteiger partial charge in [0.15, 0.2) is 0 Å². The average Bonchev–Trinajstić information content (AvgIpc) is 2.61. The summed E-state index contributed by atoms with van der Waals surface area (Å²) in [7, 11) is 2.06. The predicted octanol–water partition coefficient (Wildman–Crippen LogP) is 4.34. The van der Waals surface area contributed by atoms with Crippen LogP contribution in [0.2, 0.25) is 0 Å². The standard InChI is InChI=1S/C21H24N4/c1-16-9-7-8-12-19(16)14-22-21-23-17(2)13-20(24-21)25(3)15-18-10-5-4-6-11-18/h4-13H,14-15H2,1-3H3,(H,22,23,24). The SMILES string of the molecule is Cc1cc(N(C)Cc2ccccc2)nc(NCc2ccccc2C)n1. The summed E-state index contributed by atoms with van der Waals surface area (Å²) in [4.78, 5) is 11.3. The van der Waals surface area contributed by atoms with E-state index in [0.29, 0.717) is 5.95 Å². The second kappa shape index (κ2) is 7.79. The van der Waals surface area contributed by atoms with Crippen LogP contribution in [0.15, 0.2) is 60.7 Å². The molecule has 25 heavy (non-hydrogen) atoms. The quantitative estimate of drug-likeness (QED) is 0.729. The number of anilines is 2. The lowest BCUT2D eigenvalue weighted by atomic mass is 10.1. The molecule has 0 aliphatic heterocycles. The Hall–Kier alpha value is -2.88. The molecule has 0 saturated heterocycles. The molecule has 1 aromatic heterocycles. The van der Waals surface area contributed by atoms with Crippen molar-refractivity contribution in [3.05, 3.63) is 83.0 Å². The number of nitrogens with zero attached hydrogens (tertiary/aromatic N) is 3. The van der Waals surface area contributed by atoms with Gasteiger partial charge in [0.2, 0.25) is 5.95 Å². The van der Waals surface area contributed by atoms with E-state index in [9.17, 15) is 0 Å². The maximum Gasteiger partial charge on any atom is 0.225 e. The first-order valence-electron chi connectivity index (χ1n) is 8.51. The minimum atomic E-state index is 0.665. The van der Waals surface area contributed by atoms with E-state index in [1.54, 1.807) is 0 Å². The molecule has 0 fully saturated rings. The van der Waals surface area contributed by atoms with E-state index in [1.807, 2.05) is 19.1 Å². The highest BCUT2D eigenvalue weighted by atomic mass is 15.2. The molecule has 0 aliphatic rings. The van der Waals surface area contributed by atoms with Crippen molar-refractivity contribution in [2.45, 2.75) is 26.9 Å². The Kier molecular flexibility index (Phi) is 5.29. The van der Waals surface area contributed by atoms with Crippen LogP contribution in [0.5, 0.6) is 0 Å². The van der Waals surface area contributed by atoms with Crippen molar-refractivity contribution in [2.24, 2.45) is 0 Å². The van der Waals surface area contributed by atoms with Gasteiger partial charge in [0.05, 0.1) is 0 Å². The molecule has 0 saturated carbocycles. The van der Waals surface area contributed by atoms with Gasteiger partial charge in [0.1, 0.15) is 5.82 Å². The molecule has 0 unspecified atom stereocenters. The number of aromatic nitrogens is 2. The van der Waals surface area contributed by atoms with Gasteiger partial charge in [-0.15, -0.1) is 0 Å². The van der Waals surface area contributed by atoms with Crippen molar-refractivity contribution in [1.29, 1.82) is 0 Å². The van der Waals surface area contributed by atoms with Gasteiger partial charge in [0.25, 0.3) is 0 Å². The van der Waals surface area contributed by atoms with E-state index in [1.165, 1.54) is 16.7 Å². The second-order valence-electron chi connectivity index (χ2n) is 6.31. The topological polar surface area (TPSA) is 41.1 Å². The minimum Gasteiger partial charge on any atom is -0.355 e. The van der Waals surface area contributed by atoms with Gasteiger partial charge in [-0.3, -0.25) is 0 Å². The van der Waals surface area contributed by atoms with Gasteiger partial charge in [-0.05, 0) is 30.5 Å². The van der Waals surface area contributed by atoms with Crippen LogP contribution in [0, 0.1) is 13.8 Å². The molecule has 0 amide bonds. The molecule has 1 N–H and O–H groups in total. The summed E-state index contributed by atoms with van der Waals surface area (Å²) < 4.78 is 0. The molecule has 4 nitrogen and oxygen atoms in total. The molecule has 2 aromatic carbocycles. The fourth-order valence-corrected chi connectivity index (χ4v) is 2.75. The van der Waals surface area contributed by atoms with Gasteiger partial charge in [-0.2, -0.15) is 4.98 Å².